The summed E-state index contributed by atoms with van der Waals surface area (Å²) >= 11 is 0. The average Bonchev–Trinajstić information content (AvgIpc) is 3.41. The van der Waals surface area contributed by atoms with E-state index in [0.717, 1.165) is 77.0 Å². The summed E-state index contributed by atoms with van der Waals surface area (Å²) in [5.41, 5.74) is 0. The number of allylic oxidation sites excluding steroid dienone is 6. The van der Waals surface area contributed by atoms with Crippen LogP contribution < -0.4 is 0 Å². The van der Waals surface area contributed by atoms with Gasteiger partial charge in [0, 0.05) is 19.3 Å². The summed E-state index contributed by atoms with van der Waals surface area (Å²) in [5.74, 6) is -0.865. The molecule has 0 amide bonds. The molecule has 0 aromatic rings. The summed E-state index contributed by atoms with van der Waals surface area (Å²) in [5, 5.41) is 0. The lowest BCUT2D eigenvalue weighted by Gasteiger charge is -2.18. The summed E-state index contributed by atoms with van der Waals surface area (Å²) in [6.07, 6.45) is 78.7. The van der Waals surface area contributed by atoms with Crippen molar-refractivity contribution in [3.63, 3.8) is 0 Å². The Hall–Kier alpha value is -2.37. The molecule has 0 N–H and O–H groups in total. The second-order valence-corrected chi connectivity index (χ2v) is 22.7. The van der Waals surface area contributed by atoms with Gasteiger partial charge in [-0.05, 0) is 77.0 Å². The highest BCUT2D eigenvalue weighted by molar-refractivity contribution is 5.71. The van der Waals surface area contributed by atoms with E-state index in [4.69, 9.17) is 14.2 Å². The van der Waals surface area contributed by atoms with Crippen molar-refractivity contribution in [3.8, 4) is 0 Å². The van der Waals surface area contributed by atoms with Crippen LogP contribution in [0, 0.1) is 0 Å². The van der Waals surface area contributed by atoms with Crippen molar-refractivity contribution in [2.75, 3.05) is 13.2 Å². The highest BCUT2D eigenvalue weighted by atomic mass is 16.6. The number of carbonyl (C=O) groups is 3. The fourth-order valence-electron chi connectivity index (χ4n) is 10.1. The zero-order chi connectivity index (χ0) is 54.3. The van der Waals surface area contributed by atoms with E-state index in [9.17, 15) is 14.4 Å². The molecule has 0 aromatic carbocycles. The van der Waals surface area contributed by atoms with E-state index in [1.807, 2.05) is 0 Å². The van der Waals surface area contributed by atoms with Gasteiger partial charge in [-0.25, -0.2) is 0 Å². The third kappa shape index (κ3) is 62.4. The first-order chi connectivity index (χ1) is 37.0. The normalized spacial score (nSPS) is 12.2. The van der Waals surface area contributed by atoms with Crippen molar-refractivity contribution in [1.29, 1.82) is 0 Å². The second-order valence-electron chi connectivity index (χ2n) is 22.7. The van der Waals surface area contributed by atoms with Gasteiger partial charge in [0.2, 0.25) is 0 Å². The van der Waals surface area contributed by atoms with Crippen LogP contribution >= 0.6 is 0 Å². The number of hydrogen-bond acceptors (Lipinski definition) is 6. The Balaban J connectivity index is 4.28. The van der Waals surface area contributed by atoms with Crippen LogP contribution in [-0.2, 0) is 28.6 Å². The predicted octanol–water partition coefficient (Wildman–Crippen LogP) is 22.8. The van der Waals surface area contributed by atoms with Gasteiger partial charge in [-0.2, -0.15) is 0 Å². The molecule has 0 rings (SSSR count). The number of hydrogen-bond donors (Lipinski definition) is 0. The number of ether oxygens (including phenoxy) is 3. The first kappa shape index (κ1) is 72.6. The molecule has 0 bridgehead atoms. The summed E-state index contributed by atoms with van der Waals surface area (Å²) < 4.78 is 17.0. The fraction of sp³-hybridized carbons (Fsp3) is 0.870. The molecule has 0 aliphatic rings. The van der Waals surface area contributed by atoms with Crippen LogP contribution in [0.15, 0.2) is 36.5 Å². The molecule has 0 heterocycles. The highest BCUT2D eigenvalue weighted by Crippen LogP contribution is 2.18. The van der Waals surface area contributed by atoms with Gasteiger partial charge in [-0.3, -0.25) is 14.4 Å². The van der Waals surface area contributed by atoms with Crippen molar-refractivity contribution in [1.82, 2.24) is 0 Å². The zero-order valence-electron chi connectivity index (χ0n) is 50.6. The summed E-state index contributed by atoms with van der Waals surface area (Å²) in [4.78, 5) is 38.4. The molecule has 75 heavy (non-hydrogen) atoms. The predicted molar refractivity (Wildman–Crippen MR) is 326 cm³/mol. The van der Waals surface area contributed by atoms with Crippen molar-refractivity contribution in [3.05, 3.63) is 36.5 Å². The van der Waals surface area contributed by atoms with Crippen LogP contribution in [0.1, 0.15) is 367 Å². The lowest BCUT2D eigenvalue weighted by molar-refractivity contribution is -0.167. The molecule has 1 atom stereocenters. The van der Waals surface area contributed by atoms with Crippen molar-refractivity contribution in [2.45, 2.75) is 374 Å². The lowest BCUT2D eigenvalue weighted by Crippen LogP contribution is -2.30. The van der Waals surface area contributed by atoms with Crippen LogP contribution in [0.3, 0.4) is 0 Å². The largest absolute Gasteiger partial charge is 0.462 e. The summed E-state index contributed by atoms with van der Waals surface area (Å²) in [6.45, 7) is 6.67. The topological polar surface area (TPSA) is 78.9 Å². The van der Waals surface area contributed by atoms with Crippen LogP contribution in [-0.4, -0.2) is 37.2 Å². The van der Waals surface area contributed by atoms with Gasteiger partial charge in [-0.1, -0.05) is 308 Å². The summed E-state index contributed by atoms with van der Waals surface area (Å²) in [6, 6.07) is 0. The maximum atomic E-state index is 12.9. The van der Waals surface area contributed by atoms with Gasteiger partial charge in [0.1, 0.15) is 13.2 Å². The van der Waals surface area contributed by atoms with Crippen LogP contribution in [0.25, 0.3) is 0 Å². The minimum Gasteiger partial charge on any atom is -0.462 e. The molecular weight excluding hydrogens is 925 g/mol. The summed E-state index contributed by atoms with van der Waals surface area (Å²) in [7, 11) is 0. The smallest absolute Gasteiger partial charge is 0.306 e. The molecule has 0 spiro atoms. The Morgan fingerprint density at radius 2 is 0.480 bits per heavy atom. The first-order valence-corrected chi connectivity index (χ1v) is 33.5. The van der Waals surface area contributed by atoms with E-state index in [2.05, 4.69) is 57.2 Å². The monoisotopic (exact) mass is 1050 g/mol. The van der Waals surface area contributed by atoms with E-state index in [0.29, 0.717) is 19.3 Å². The molecule has 6 nitrogen and oxygen atoms in total. The Labute approximate surface area is 467 Å². The van der Waals surface area contributed by atoms with Gasteiger partial charge < -0.3 is 14.2 Å². The minimum atomic E-state index is -0.778. The molecule has 0 aliphatic carbocycles. The molecule has 0 fully saturated rings. The molecule has 0 saturated heterocycles. The molecular formula is C69H128O6. The number of rotatable bonds is 62. The maximum Gasteiger partial charge on any atom is 0.306 e. The van der Waals surface area contributed by atoms with E-state index >= 15 is 0 Å². The zero-order valence-corrected chi connectivity index (χ0v) is 50.6. The molecule has 0 aromatic heterocycles. The van der Waals surface area contributed by atoms with Crippen molar-refractivity contribution >= 4 is 17.9 Å². The fourth-order valence-corrected chi connectivity index (χ4v) is 10.1. The van der Waals surface area contributed by atoms with Gasteiger partial charge >= 0.3 is 17.9 Å². The minimum absolute atomic E-state index is 0.0737. The van der Waals surface area contributed by atoms with Crippen molar-refractivity contribution in [2.24, 2.45) is 0 Å². The molecule has 0 aliphatic heterocycles. The number of esters is 3. The first-order valence-electron chi connectivity index (χ1n) is 33.5. The van der Waals surface area contributed by atoms with Crippen LogP contribution in [0.4, 0.5) is 0 Å². The van der Waals surface area contributed by atoms with Crippen molar-refractivity contribution < 1.29 is 28.6 Å². The van der Waals surface area contributed by atoms with E-state index in [1.165, 1.54) is 250 Å². The Bertz CT molecular complexity index is 1250. The van der Waals surface area contributed by atoms with Crippen LogP contribution in [0.5, 0.6) is 0 Å². The molecule has 0 saturated carbocycles. The Kier molecular flexibility index (Phi) is 62.1. The van der Waals surface area contributed by atoms with Crippen LogP contribution in [0.2, 0.25) is 0 Å². The van der Waals surface area contributed by atoms with E-state index in [1.54, 1.807) is 0 Å². The SMILES string of the molecule is CCCCC/C=C\C/C=C\CCCCCCCCCC(=O)OC(COC(=O)CCCCCCC/C=C\CCCCCCCCC)COC(=O)CCCCCCCCCCCCCCCCCCCCCCCCCC. The molecule has 440 valence electrons. The van der Waals surface area contributed by atoms with E-state index < -0.39 is 6.10 Å². The second kappa shape index (κ2) is 64.2. The van der Waals surface area contributed by atoms with E-state index in [-0.39, 0.29) is 31.1 Å². The Morgan fingerprint density at radius 1 is 0.267 bits per heavy atom. The molecule has 6 heteroatoms. The highest BCUT2D eigenvalue weighted by Gasteiger charge is 2.19. The van der Waals surface area contributed by atoms with Gasteiger partial charge in [-0.15, -0.1) is 0 Å². The molecule has 0 radical (unpaired) electrons. The Morgan fingerprint density at radius 3 is 0.773 bits per heavy atom. The molecule has 1 unspecified atom stereocenters. The van der Waals surface area contributed by atoms with Gasteiger partial charge in [0.15, 0.2) is 6.10 Å². The average molecular weight is 1050 g/mol. The standard InChI is InChI=1S/C69H128O6/c1-4-7-10-13-16-19-22-25-28-31-32-33-34-35-36-37-39-41-44-47-50-53-56-59-62-68(71)74-65-66(64-73-67(70)61-58-55-52-49-46-43-40-30-27-24-21-18-15-12-9-6-3)75-69(72)63-60-57-54-51-48-45-42-38-29-26-23-20-17-14-11-8-5-2/h17,20,26,29-30,40,66H,4-16,18-19,21-25,27-28,31-39,41-65H2,1-3H3/b20-17-,29-26-,40-30-. The third-order valence-electron chi connectivity index (χ3n) is 15.1. The quantitative estimate of drug-likeness (QED) is 0.0261. The lowest BCUT2D eigenvalue weighted by atomic mass is 10.0. The number of carbonyl (C=O) groups excluding carboxylic acids is 3. The van der Waals surface area contributed by atoms with Gasteiger partial charge in [0.05, 0.1) is 0 Å². The third-order valence-corrected chi connectivity index (χ3v) is 15.1. The van der Waals surface area contributed by atoms with Gasteiger partial charge in [0.25, 0.3) is 0 Å². The maximum absolute atomic E-state index is 12.9. The number of unbranched alkanes of at least 4 members (excludes halogenated alkanes) is 45.